The minimum absolute atomic E-state index is 0.0693. The highest BCUT2D eigenvalue weighted by Crippen LogP contribution is 2.66. The van der Waals surface area contributed by atoms with Crippen molar-refractivity contribution in [3.8, 4) is 0 Å². The summed E-state index contributed by atoms with van der Waals surface area (Å²) >= 11 is 0. The highest BCUT2D eigenvalue weighted by molar-refractivity contribution is 5.82. The zero-order valence-corrected chi connectivity index (χ0v) is 14.9. The molecule has 0 saturated heterocycles. The Morgan fingerprint density at radius 2 is 1.96 bits per heavy atom. The predicted molar refractivity (Wildman–Crippen MR) is 91.9 cm³/mol. The lowest BCUT2D eigenvalue weighted by Crippen LogP contribution is -2.49. The molecule has 0 amide bonds. The molecule has 4 aliphatic carbocycles. The lowest BCUT2D eigenvalue weighted by molar-refractivity contribution is -0.122. The van der Waals surface area contributed by atoms with Crippen molar-refractivity contribution in [2.24, 2.45) is 28.6 Å². The molecule has 0 aromatic heterocycles. The minimum Gasteiger partial charge on any atom is -0.389 e. The van der Waals surface area contributed by atoms with E-state index >= 15 is 0 Å². The predicted octanol–water partition coefficient (Wildman–Crippen LogP) is 4.73. The molecule has 0 radical (unpaired) electrons. The number of aliphatic hydroxyl groups is 1. The van der Waals surface area contributed by atoms with Crippen LogP contribution in [0.1, 0.15) is 65.2 Å². The first-order valence-corrected chi connectivity index (χ1v) is 9.60. The van der Waals surface area contributed by atoms with Crippen LogP contribution in [0.15, 0.2) is 23.0 Å². The van der Waals surface area contributed by atoms with Crippen molar-refractivity contribution in [3.05, 3.63) is 23.0 Å². The summed E-state index contributed by atoms with van der Waals surface area (Å²) in [7, 11) is 0. The summed E-state index contributed by atoms with van der Waals surface area (Å²) in [6, 6.07) is 0. The third-order valence-corrected chi connectivity index (χ3v) is 8.19. The van der Waals surface area contributed by atoms with Gasteiger partial charge in [0.15, 0.2) is 0 Å². The molecule has 0 aromatic rings. The average molecular weight is 332 g/mol. The van der Waals surface area contributed by atoms with Crippen LogP contribution in [0.4, 0.5) is 4.39 Å². The normalized spacial score (nSPS) is 46.8. The second-order valence-electron chi connectivity index (χ2n) is 9.01. The number of aliphatic hydroxyl groups excluding tert-OH is 1. The third-order valence-electron chi connectivity index (χ3n) is 8.19. The van der Waals surface area contributed by atoms with Crippen LogP contribution in [0.25, 0.3) is 0 Å². The Bertz CT molecular complexity index is 634. The zero-order valence-electron chi connectivity index (χ0n) is 14.9. The summed E-state index contributed by atoms with van der Waals surface area (Å²) in [6.07, 6.45) is 9.80. The van der Waals surface area contributed by atoms with Gasteiger partial charge in [0.25, 0.3) is 0 Å². The first-order valence-electron chi connectivity index (χ1n) is 9.60. The van der Waals surface area contributed by atoms with Crippen molar-refractivity contribution in [3.63, 3.8) is 0 Å². The largest absolute Gasteiger partial charge is 0.389 e. The van der Waals surface area contributed by atoms with Crippen molar-refractivity contribution in [2.75, 3.05) is 6.61 Å². The molecule has 3 saturated carbocycles. The van der Waals surface area contributed by atoms with Crippen molar-refractivity contribution in [2.45, 2.75) is 65.2 Å². The SMILES string of the molecule is C[C@]12CCC(=O)CC1=CCC1C2CC[C@]2(C)C(=C(F)CO)CCC12. The van der Waals surface area contributed by atoms with Crippen molar-refractivity contribution < 1.29 is 14.3 Å². The van der Waals surface area contributed by atoms with Crippen LogP contribution in [0, 0.1) is 28.6 Å². The molecule has 3 heteroatoms. The Balaban J connectivity index is 1.69. The molecule has 4 rings (SSSR count). The second-order valence-corrected chi connectivity index (χ2v) is 9.01. The number of fused-ring (bicyclic) bond motifs is 5. The van der Waals surface area contributed by atoms with E-state index in [9.17, 15) is 14.3 Å². The molecule has 1 N–H and O–H groups in total. The van der Waals surface area contributed by atoms with Gasteiger partial charge >= 0.3 is 0 Å². The highest BCUT2D eigenvalue weighted by atomic mass is 19.1. The Hall–Kier alpha value is -0.960. The van der Waals surface area contributed by atoms with Gasteiger partial charge in [0.1, 0.15) is 11.6 Å². The molecular formula is C21H29FO2. The maximum absolute atomic E-state index is 14.2. The Morgan fingerprint density at radius 3 is 2.71 bits per heavy atom. The standard InChI is InChI=1S/C21H29FO2/c1-20-9-7-14(24)11-13(20)3-4-15-16-5-6-18(19(22)12-23)21(16,2)10-8-17(15)20/h3,15-17,23H,4-12H2,1-2H3/t15?,16?,17?,20-,21-/m0/s1. The van der Waals surface area contributed by atoms with Gasteiger partial charge in [0.2, 0.25) is 0 Å². The fourth-order valence-corrected chi connectivity index (χ4v) is 6.83. The molecular weight excluding hydrogens is 303 g/mol. The molecule has 5 atom stereocenters. The molecule has 0 heterocycles. The zero-order chi connectivity index (χ0) is 17.1. The summed E-state index contributed by atoms with van der Waals surface area (Å²) in [4.78, 5) is 11.9. The van der Waals surface area contributed by atoms with Gasteiger partial charge in [-0.1, -0.05) is 25.5 Å². The van der Waals surface area contributed by atoms with Gasteiger partial charge in [-0.2, -0.15) is 0 Å². The van der Waals surface area contributed by atoms with E-state index in [1.165, 1.54) is 5.57 Å². The van der Waals surface area contributed by atoms with Crippen LogP contribution in [-0.4, -0.2) is 17.5 Å². The smallest absolute Gasteiger partial charge is 0.136 e. The first-order chi connectivity index (χ1) is 11.4. The Kier molecular flexibility index (Phi) is 3.80. The molecule has 2 nitrogen and oxygen atoms in total. The van der Waals surface area contributed by atoms with E-state index in [2.05, 4.69) is 19.9 Å². The number of halogens is 1. The number of carbonyl (C=O) groups is 1. The van der Waals surface area contributed by atoms with Crippen LogP contribution in [0.3, 0.4) is 0 Å². The maximum Gasteiger partial charge on any atom is 0.136 e. The van der Waals surface area contributed by atoms with Crippen molar-refractivity contribution >= 4 is 5.78 Å². The fourth-order valence-electron chi connectivity index (χ4n) is 6.83. The number of ketones is 1. The van der Waals surface area contributed by atoms with E-state index in [0.717, 1.165) is 50.5 Å². The van der Waals surface area contributed by atoms with E-state index in [4.69, 9.17) is 0 Å². The molecule has 3 fully saturated rings. The van der Waals surface area contributed by atoms with Crippen molar-refractivity contribution in [1.82, 2.24) is 0 Å². The van der Waals surface area contributed by atoms with E-state index in [1.54, 1.807) is 0 Å². The Morgan fingerprint density at radius 1 is 1.21 bits per heavy atom. The van der Waals surface area contributed by atoms with E-state index < -0.39 is 6.61 Å². The van der Waals surface area contributed by atoms with E-state index in [-0.39, 0.29) is 16.7 Å². The van der Waals surface area contributed by atoms with Gasteiger partial charge in [-0.25, -0.2) is 4.39 Å². The fraction of sp³-hybridized carbons (Fsp3) is 0.762. The van der Waals surface area contributed by atoms with Gasteiger partial charge < -0.3 is 5.11 Å². The van der Waals surface area contributed by atoms with Gasteiger partial charge in [-0.3, -0.25) is 4.79 Å². The Labute approximate surface area is 144 Å². The minimum atomic E-state index is -0.449. The summed E-state index contributed by atoms with van der Waals surface area (Å²) in [5, 5.41) is 9.28. The first kappa shape index (κ1) is 16.5. The number of hydrogen-bond donors (Lipinski definition) is 1. The number of Topliss-reactive ketones (excluding diaryl/α,β-unsaturated/α-hetero) is 1. The van der Waals surface area contributed by atoms with Crippen LogP contribution in [0.2, 0.25) is 0 Å². The monoisotopic (exact) mass is 332 g/mol. The van der Waals surface area contributed by atoms with Crippen molar-refractivity contribution in [1.29, 1.82) is 0 Å². The summed E-state index contributed by atoms with van der Waals surface area (Å²) in [6.45, 7) is 4.16. The molecule has 0 bridgehead atoms. The summed E-state index contributed by atoms with van der Waals surface area (Å²) in [5.41, 5.74) is 2.39. The van der Waals surface area contributed by atoms with Gasteiger partial charge in [0, 0.05) is 12.8 Å². The maximum atomic E-state index is 14.2. The number of rotatable bonds is 1. The molecule has 0 spiro atoms. The molecule has 132 valence electrons. The number of carbonyl (C=O) groups excluding carboxylic acids is 1. The molecule has 0 aromatic carbocycles. The van der Waals surface area contributed by atoms with Crippen LogP contribution >= 0.6 is 0 Å². The van der Waals surface area contributed by atoms with Crippen LogP contribution in [0.5, 0.6) is 0 Å². The van der Waals surface area contributed by atoms with Gasteiger partial charge in [-0.05, 0) is 72.7 Å². The van der Waals surface area contributed by atoms with Gasteiger partial charge in [-0.15, -0.1) is 0 Å². The third kappa shape index (κ3) is 2.13. The van der Waals surface area contributed by atoms with Crippen LogP contribution in [-0.2, 0) is 4.79 Å². The average Bonchev–Trinajstić information content (AvgIpc) is 2.92. The quantitative estimate of drug-likeness (QED) is 0.705. The van der Waals surface area contributed by atoms with E-state index in [1.807, 2.05) is 0 Å². The topological polar surface area (TPSA) is 37.3 Å². The molecule has 4 aliphatic rings. The lowest BCUT2D eigenvalue weighted by Gasteiger charge is -2.56. The lowest BCUT2D eigenvalue weighted by atomic mass is 9.48. The molecule has 24 heavy (non-hydrogen) atoms. The van der Waals surface area contributed by atoms with Crippen LogP contribution < -0.4 is 0 Å². The summed E-state index contributed by atoms with van der Waals surface area (Å²) < 4.78 is 14.2. The van der Waals surface area contributed by atoms with Gasteiger partial charge in [0.05, 0.1) is 6.61 Å². The number of allylic oxidation sites excluding steroid dienone is 3. The summed E-state index contributed by atoms with van der Waals surface area (Å²) in [5.74, 6) is 1.89. The molecule has 0 aliphatic heterocycles. The second kappa shape index (κ2) is 5.52. The highest BCUT2D eigenvalue weighted by Gasteiger charge is 2.57. The molecule has 3 unspecified atom stereocenters. The number of hydrogen-bond acceptors (Lipinski definition) is 2. The van der Waals surface area contributed by atoms with E-state index in [0.29, 0.717) is 30.0 Å².